The van der Waals surface area contributed by atoms with Crippen LogP contribution in [0.5, 0.6) is 0 Å². The van der Waals surface area contributed by atoms with E-state index in [1.807, 2.05) is 17.4 Å². The van der Waals surface area contributed by atoms with Crippen LogP contribution < -0.4 is 4.90 Å². The van der Waals surface area contributed by atoms with Gasteiger partial charge in [-0.25, -0.2) is 0 Å². The van der Waals surface area contributed by atoms with Crippen LogP contribution in [0.4, 0.5) is 17.1 Å². The molecule has 0 radical (unpaired) electrons. The number of hydrogen-bond acceptors (Lipinski definition) is 3. The molecule has 2 aromatic heterocycles. The van der Waals surface area contributed by atoms with E-state index < -0.39 is 0 Å². The van der Waals surface area contributed by atoms with E-state index >= 15 is 0 Å². The quantitative estimate of drug-likeness (QED) is 0.161. The summed E-state index contributed by atoms with van der Waals surface area (Å²) in [6.45, 7) is 0. The predicted molar refractivity (Wildman–Crippen MR) is 262 cm³/mol. The number of anilines is 3. The molecule has 0 aliphatic heterocycles. The van der Waals surface area contributed by atoms with Crippen LogP contribution in [-0.4, -0.2) is 0 Å². The normalized spacial score (nSPS) is 11.9. The van der Waals surface area contributed by atoms with E-state index in [1.165, 1.54) is 74.7 Å². The Kier molecular flexibility index (Phi) is 7.51. The Hall–Kier alpha value is -7.72. The molecule has 0 spiro atoms. The molecule has 11 aromatic carbocycles. The van der Waals surface area contributed by atoms with Crippen LogP contribution in [0.25, 0.3) is 107 Å². The highest BCUT2D eigenvalue weighted by Gasteiger charge is 2.20. The van der Waals surface area contributed by atoms with E-state index in [0.29, 0.717) is 0 Å². The minimum Gasteiger partial charge on any atom is -0.455 e. The second-order valence-electron chi connectivity index (χ2n) is 16.1. The zero-order chi connectivity index (χ0) is 40.0. The smallest absolute Gasteiger partial charge is 0.143 e. The highest BCUT2D eigenvalue weighted by molar-refractivity contribution is 7.26. The number of fused-ring (bicyclic) bond motifs is 14. The summed E-state index contributed by atoms with van der Waals surface area (Å²) in [5.74, 6) is 0. The van der Waals surface area contributed by atoms with Gasteiger partial charge in [0.05, 0.1) is 0 Å². The lowest BCUT2D eigenvalue weighted by Gasteiger charge is -2.28. The Morgan fingerprint density at radius 3 is 1.54 bits per heavy atom. The molecular weight excluding hydrogens is 759 g/mol. The fourth-order valence-electron chi connectivity index (χ4n) is 9.69. The number of benzene rings is 11. The zero-order valence-electron chi connectivity index (χ0n) is 33.0. The summed E-state index contributed by atoms with van der Waals surface area (Å²) in [4.78, 5) is 2.44. The van der Waals surface area contributed by atoms with Crippen LogP contribution in [-0.2, 0) is 0 Å². The third kappa shape index (κ3) is 5.41. The van der Waals surface area contributed by atoms with Gasteiger partial charge in [-0.2, -0.15) is 0 Å². The molecule has 3 heteroatoms. The largest absolute Gasteiger partial charge is 0.455 e. The molecule has 0 N–H and O–H groups in total. The summed E-state index contributed by atoms with van der Waals surface area (Å²) in [6.07, 6.45) is 0. The van der Waals surface area contributed by atoms with Crippen molar-refractivity contribution in [2.45, 2.75) is 0 Å². The van der Waals surface area contributed by atoms with Crippen LogP contribution in [0.15, 0.2) is 217 Å². The van der Waals surface area contributed by atoms with Gasteiger partial charge < -0.3 is 9.32 Å². The van der Waals surface area contributed by atoms with Crippen molar-refractivity contribution in [3.63, 3.8) is 0 Å². The van der Waals surface area contributed by atoms with Crippen LogP contribution in [0, 0.1) is 0 Å². The second kappa shape index (κ2) is 13.4. The average Bonchev–Trinajstić information content (AvgIpc) is 3.90. The second-order valence-corrected chi connectivity index (χ2v) is 17.1. The summed E-state index contributed by atoms with van der Waals surface area (Å²) < 4.78 is 9.27. The van der Waals surface area contributed by atoms with Gasteiger partial charge in [0.25, 0.3) is 0 Å². The van der Waals surface area contributed by atoms with Gasteiger partial charge in [0, 0.05) is 58.8 Å². The van der Waals surface area contributed by atoms with Gasteiger partial charge in [-0.15, -0.1) is 11.3 Å². The fraction of sp³-hybridized carbons (Fsp3) is 0. The van der Waals surface area contributed by atoms with Crippen LogP contribution >= 0.6 is 11.3 Å². The van der Waals surface area contributed by atoms with Crippen molar-refractivity contribution in [2.75, 3.05) is 4.90 Å². The summed E-state index contributed by atoms with van der Waals surface area (Å²) >= 11 is 1.90. The van der Waals surface area contributed by atoms with E-state index in [2.05, 4.69) is 211 Å². The van der Waals surface area contributed by atoms with E-state index in [-0.39, 0.29) is 0 Å². The van der Waals surface area contributed by atoms with Crippen molar-refractivity contribution < 1.29 is 4.42 Å². The van der Waals surface area contributed by atoms with Gasteiger partial charge in [-0.05, 0) is 115 Å². The number of nitrogens with zero attached hydrogens (tertiary/aromatic N) is 1. The van der Waals surface area contributed by atoms with E-state index in [4.69, 9.17) is 4.42 Å². The molecule has 0 bridgehead atoms. The molecule has 0 saturated carbocycles. The van der Waals surface area contributed by atoms with Gasteiger partial charge in [0.15, 0.2) is 0 Å². The highest BCUT2D eigenvalue weighted by Crippen LogP contribution is 2.46. The molecule has 0 unspecified atom stereocenters. The molecule has 0 atom stereocenters. The van der Waals surface area contributed by atoms with Gasteiger partial charge >= 0.3 is 0 Å². The third-order valence-corrected chi connectivity index (χ3v) is 13.8. The van der Waals surface area contributed by atoms with Crippen LogP contribution in [0.2, 0.25) is 0 Å². The molecule has 0 amide bonds. The molecule has 284 valence electrons. The summed E-state index contributed by atoms with van der Waals surface area (Å²) in [6, 6.07) is 77.6. The summed E-state index contributed by atoms with van der Waals surface area (Å²) in [7, 11) is 0. The number of hydrogen-bond donors (Lipinski definition) is 0. The van der Waals surface area contributed by atoms with Crippen molar-refractivity contribution >= 4 is 114 Å². The minimum absolute atomic E-state index is 0.912. The lowest BCUT2D eigenvalue weighted by molar-refractivity contribution is 0.673. The van der Waals surface area contributed by atoms with Crippen molar-refractivity contribution in [1.29, 1.82) is 0 Å². The standard InChI is InChI=1S/C58H35NOS/c1-3-11-36(12-4-1)42-31-43(37-13-5-2-6-14-37)35-46(34-42)59(44-25-29-47-40(32-44)21-19-38-23-27-51-49-15-7-9-17-53(49)60-57(51)55(38)47)45-26-30-48-41(33-45)22-20-39-24-28-52-50-16-8-10-18-54(50)61-58(52)56(39)48/h1-35H. The number of furan rings is 1. The van der Waals surface area contributed by atoms with Crippen LogP contribution in [0.1, 0.15) is 0 Å². The summed E-state index contributed by atoms with van der Waals surface area (Å²) in [5, 5.41) is 14.6. The molecule has 61 heavy (non-hydrogen) atoms. The lowest BCUT2D eigenvalue weighted by atomic mass is 9.96. The van der Waals surface area contributed by atoms with Crippen molar-refractivity contribution in [3.05, 3.63) is 212 Å². The molecule has 2 nitrogen and oxygen atoms in total. The Bertz CT molecular complexity index is 3630. The molecule has 0 fully saturated rings. The summed E-state index contributed by atoms with van der Waals surface area (Å²) in [5.41, 5.74) is 9.81. The number of thiophene rings is 1. The topological polar surface area (TPSA) is 16.4 Å². The fourth-order valence-corrected chi connectivity index (χ4v) is 11.0. The van der Waals surface area contributed by atoms with E-state index in [0.717, 1.165) is 49.8 Å². The molecule has 0 saturated heterocycles. The predicted octanol–water partition coefficient (Wildman–Crippen LogP) is 17.4. The van der Waals surface area contributed by atoms with E-state index in [9.17, 15) is 0 Å². The zero-order valence-corrected chi connectivity index (χ0v) is 33.8. The first kappa shape index (κ1) is 34.2. The molecule has 0 aliphatic carbocycles. The molecule has 2 heterocycles. The average molecular weight is 794 g/mol. The Balaban J connectivity index is 1.06. The lowest BCUT2D eigenvalue weighted by Crippen LogP contribution is -2.10. The van der Waals surface area contributed by atoms with Gasteiger partial charge in [0.2, 0.25) is 0 Å². The Morgan fingerprint density at radius 2 is 0.852 bits per heavy atom. The van der Waals surface area contributed by atoms with Crippen molar-refractivity contribution in [1.82, 2.24) is 0 Å². The maximum absolute atomic E-state index is 6.61. The Morgan fingerprint density at radius 1 is 0.328 bits per heavy atom. The Labute approximate surface area is 355 Å². The maximum Gasteiger partial charge on any atom is 0.143 e. The monoisotopic (exact) mass is 793 g/mol. The first-order valence-corrected chi connectivity index (χ1v) is 21.6. The SMILES string of the molecule is c1ccc(-c2cc(-c3ccccc3)cc(N(c3ccc4c(ccc5ccc6c7ccccc7oc6c54)c3)c3ccc4c(ccc5ccc6c7ccccc7sc6c54)c3)c2)cc1. The van der Waals surface area contributed by atoms with Gasteiger partial charge in [-0.3, -0.25) is 0 Å². The molecule has 0 aliphatic rings. The third-order valence-electron chi connectivity index (χ3n) is 12.6. The van der Waals surface area contributed by atoms with Crippen molar-refractivity contribution in [2.24, 2.45) is 0 Å². The molecule has 13 rings (SSSR count). The maximum atomic E-state index is 6.61. The number of rotatable bonds is 5. The minimum atomic E-state index is 0.912. The van der Waals surface area contributed by atoms with Crippen molar-refractivity contribution in [3.8, 4) is 22.3 Å². The first-order chi connectivity index (χ1) is 30.2. The van der Waals surface area contributed by atoms with Crippen LogP contribution in [0.3, 0.4) is 0 Å². The molecule has 13 aromatic rings. The first-order valence-electron chi connectivity index (χ1n) is 20.8. The van der Waals surface area contributed by atoms with Gasteiger partial charge in [-0.1, -0.05) is 152 Å². The molecular formula is C58H35NOS. The number of para-hydroxylation sites is 1. The van der Waals surface area contributed by atoms with E-state index in [1.54, 1.807) is 0 Å². The highest BCUT2D eigenvalue weighted by atomic mass is 32.1. The van der Waals surface area contributed by atoms with Gasteiger partial charge in [0.1, 0.15) is 11.2 Å².